The number of urea groups is 1. The third kappa shape index (κ3) is 5.84. The molecule has 0 bridgehead atoms. The van der Waals surface area contributed by atoms with Gasteiger partial charge in [0.1, 0.15) is 0 Å². The Balaban J connectivity index is 2.46. The molecule has 8 heteroatoms. The summed E-state index contributed by atoms with van der Waals surface area (Å²) in [5, 5.41) is 22.2. The lowest BCUT2D eigenvalue weighted by molar-refractivity contribution is 0.0784. The number of amides is 2. The summed E-state index contributed by atoms with van der Waals surface area (Å²) in [5.74, 6) is 0.316. The summed E-state index contributed by atoms with van der Waals surface area (Å²) >= 11 is 0. The van der Waals surface area contributed by atoms with Crippen LogP contribution >= 0.6 is 0 Å². The van der Waals surface area contributed by atoms with Gasteiger partial charge in [-0.1, -0.05) is 62.4 Å². The van der Waals surface area contributed by atoms with Crippen LogP contribution in [-0.4, -0.2) is 15.3 Å². The van der Waals surface area contributed by atoms with E-state index in [1.54, 1.807) is 26.0 Å². The van der Waals surface area contributed by atoms with E-state index >= 15 is 0 Å². The number of benzene rings is 2. The van der Waals surface area contributed by atoms with Crippen LogP contribution in [0.25, 0.3) is 0 Å². The molecule has 2 amide bonds. The quantitative estimate of drug-likeness (QED) is 0.533. The molecule has 0 radical (unpaired) electrons. The average Bonchev–Trinajstić information content (AvgIpc) is 2.67. The Morgan fingerprint density at radius 1 is 1.10 bits per heavy atom. The minimum atomic E-state index is -3.60. The van der Waals surface area contributed by atoms with Gasteiger partial charge in [0.2, 0.25) is 6.19 Å². The molecule has 31 heavy (non-hydrogen) atoms. The number of para-hydroxylation sites is 1. The Kier molecular flexibility index (Phi) is 7.47. The molecule has 0 saturated heterocycles. The highest BCUT2D eigenvalue weighted by atomic mass is 32.2. The summed E-state index contributed by atoms with van der Waals surface area (Å²) in [6.45, 7) is 11.3. The predicted molar refractivity (Wildman–Crippen MR) is 123 cm³/mol. The summed E-state index contributed by atoms with van der Waals surface area (Å²) in [6, 6.07) is 11.3. The van der Waals surface area contributed by atoms with E-state index in [1.807, 2.05) is 45.9 Å². The number of hydrogen-bond donors (Lipinski definition) is 3. The molecule has 0 spiro atoms. The molecule has 0 fully saturated rings. The van der Waals surface area contributed by atoms with Gasteiger partial charge in [-0.05, 0) is 54.5 Å². The number of nitrogens with one attached hydrogen (secondary N) is 2. The van der Waals surface area contributed by atoms with Crippen molar-refractivity contribution in [2.75, 3.05) is 5.32 Å². The van der Waals surface area contributed by atoms with Crippen molar-refractivity contribution in [1.82, 2.24) is 4.72 Å². The Morgan fingerprint density at radius 3 is 2.13 bits per heavy atom. The Bertz CT molecular complexity index is 1090. The van der Waals surface area contributed by atoms with E-state index in [-0.39, 0.29) is 16.7 Å². The topological polar surface area (TPSA) is 115 Å². The van der Waals surface area contributed by atoms with Crippen LogP contribution in [-0.2, 0) is 15.5 Å². The Labute approximate surface area is 184 Å². The van der Waals surface area contributed by atoms with E-state index in [1.165, 1.54) is 18.3 Å². The summed E-state index contributed by atoms with van der Waals surface area (Å²) in [6.07, 6.45) is 1.54. The van der Waals surface area contributed by atoms with Gasteiger partial charge in [-0.15, -0.1) is 0 Å². The molecule has 2 aromatic rings. The van der Waals surface area contributed by atoms with Gasteiger partial charge < -0.3 is 10.4 Å². The molecule has 0 aliphatic heterocycles. The number of carbonyl (C=O) groups excluding carboxylic acids is 1. The molecule has 0 aliphatic carbocycles. The maximum Gasteiger partial charge on any atom is 0.331 e. The third-order valence-electron chi connectivity index (χ3n) is 4.87. The van der Waals surface area contributed by atoms with Crippen LogP contribution in [0, 0.1) is 11.5 Å². The predicted octanol–water partition coefficient (Wildman–Crippen LogP) is 5.21. The molecular weight excluding hydrogens is 412 g/mol. The lowest BCUT2D eigenvalue weighted by Gasteiger charge is -2.21. The molecular formula is C23H30N4O3S. The van der Waals surface area contributed by atoms with Gasteiger partial charge in [0.25, 0.3) is 0 Å². The van der Waals surface area contributed by atoms with Crippen molar-refractivity contribution >= 4 is 21.6 Å². The van der Waals surface area contributed by atoms with E-state index < -0.39 is 21.5 Å². The van der Waals surface area contributed by atoms with Crippen LogP contribution in [0.3, 0.4) is 0 Å². The number of nitriles is 1. The minimum absolute atomic E-state index is 0.130. The Morgan fingerprint density at radius 2 is 1.65 bits per heavy atom. The molecule has 0 heterocycles. The lowest BCUT2D eigenvalue weighted by Crippen LogP contribution is -2.35. The van der Waals surface area contributed by atoms with Gasteiger partial charge in [0, 0.05) is 5.69 Å². The van der Waals surface area contributed by atoms with Crippen LogP contribution in [0.2, 0.25) is 0 Å². The average molecular weight is 443 g/mol. The number of carbonyl (C=O) groups is 1. The van der Waals surface area contributed by atoms with Gasteiger partial charge in [0.05, 0.1) is 10.5 Å². The number of rotatable bonds is 6. The van der Waals surface area contributed by atoms with Crippen LogP contribution in [0.15, 0.2) is 51.7 Å². The Hall–Kier alpha value is -2.89. The van der Waals surface area contributed by atoms with Crippen molar-refractivity contribution in [2.45, 2.75) is 63.9 Å². The number of nitrogens with zero attached hydrogens (tertiary/aromatic N) is 2. The molecule has 0 saturated carbocycles. The van der Waals surface area contributed by atoms with Crippen molar-refractivity contribution in [2.24, 2.45) is 4.36 Å². The van der Waals surface area contributed by atoms with Crippen molar-refractivity contribution in [3.63, 3.8) is 0 Å². The van der Waals surface area contributed by atoms with E-state index in [4.69, 9.17) is 5.26 Å². The molecule has 7 nitrogen and oxygen atoms in total. The summed E-state index contributed by atoms with van der Waals surface area (Å²) in [5.41, 5.74) is 1.87. The van der Waals surface area contributed by atoms with E-state index in [9.17, 15) is 14.1 Å². The lowest BCUT2D eigenvalue weighted by atomic mass is 9.93. The second-order valence-corrected chi connectivity index (χ2v) is 10.4. The zero-order valence-corrected chi connectivity index (χ0v) is 19.6. The zero-order chi connectivity index (χ0) is 23.4. The first kappa shape index (κ1) is 24.4. The summed E-state index contributed by atoms with van der Waals surface area (Å²) in [7, 11) is -3.60. The fourth-order valence-electron chi connectivity index (χ4n) is 3.20. The van der Waals surface area contributed by atoms with E-state index in [2.05, 4.69) is 14.4 Å². The summed E-state index contributed by atoms with van der Waals surface area (Å²) in [4.78, 5) is 13.0. The molecule has 0 aromatic heterocycles. The number of anilines is 1. The smallest absolute Gasteiger partial charge is 0.331 e. The highest BCUT2D eigenvalue weighted by molar-refractivity contribution is 7.92. The van der Waals surface area contributed by atoms with Crippen LogP contribution in [0.1, 0.15) is 70.1 Å². The summed E-state index contributed by atoms with van der Waals surface area (Å²) < 4.78 is 19.4. The maximum atomic E-state index is 13.5. The van der Waals surface area contributed by atoms with Gasteiger partial charge in [0.15, 0.2) is 9.92 Å². The third-order valence-corrected chi connectivity index (χ3v) is 6.57. The standard InChI is InChI=1S/C23H30N4O3S/c1-15(2)19-11-8-12-20(16(3)4)21(19)26-22(28)27-31(30,25-14-24)18-10-7-9-17(13-18)23(5,6)29/h7-13,15-16,29H,1-6H3,(H2,25,26,27,28,30). The first-order chi connectivity index (χ1) is 14.4. The van der Waals surface area contributed by atoms with Gasteiger partial charge in [-0.25, -0.2) is 13.7 Å². The molecule has 1 unspecified atom stereocenters. The second kappa shape index (κ2) is 9.50. The first-order valence-electron chi connectivity index (χ1n) is 10.1. The van der Waals surface area contributed by atoms with Crippen molar-refractivity contribution in [3.8, 4) is 6.19 Å². The molecule has 3 N–H and O–H groups in total. The van der Waals surface area contributed by atoms with Gasteiger partial charge in [-0.3, -0.25) is 0 Å². The molecule has 166 valence electrons. The molecule has 2 aromatic carbocycles. The normalized spacial score (nSPS) is 13.4. The van der Waals surface area contributed by atoms with Crippen LogP contribution in [0.5, 0.6) is 0 Å². The highest BCUT2D eigenvalue weighted by Crippen LogP contribution is 2.32. The van der Waals surface area contributed by atoms with Crippen LogP contribution < -0.4 is 10.0 Å². The minimum Gasteiger partial charge on any atom is -0.386 e. The highest BCUT2D eigenvalue weighted by Gasteiger charge is 2.23. The fourth-order valence-corrected chi connectivity index (χ4v) is 4.44. The molecule has 2 rings (SSSR count). The first-order valence-corrected chi connectivity index (χ1v) is 11.6. The number of hydrogen-bond acceptors (Lipinski definition) is 5. The van der Waals surface area contributed by atoms with Crippen molar-refractivity contribution in [3.05, 3.63) is 59.2 Å². The van der Waals surface area contributed by atoms with Gasteiger partial charge >= 0.3 is 6.03 Å². The largest absolute Gasteiger partial charge is 0.386 e. The number of aliphatic hydroxyl groups is 1. The fraction of sp³-hybridized carbons (Fsp3) is 0.391. The molecule has 0 aliphatic rings. The monoisotopic (exact) mass is 442 g/mol. The maximum absolute atomic E-state index is 13.5. The zero-order valence-electron chi connectivity index (χ0n) is 18.8. The van der Waals surface area contributed by atoms with E-state index in [0.29, 0.717) is 11.3 Å². The van der Waals surface area contributed by atoms with Gasteiger partial charge in [-0.2, -0.15) is 5.26 Å². The van der Waals surface area contributed by atoms with Crippen molar-refractivity contribution in [1.29, 1.82) is 5.26 Å². The second-order valence-electron chi connectivity index (χ2n) is 8.48. The van der Waals surface area contributed by atoms with Crippen molar-refractivity contribution < 1.29 is 14.1 Å². The molecule has 1 atom stereocenters. The van der Waals surface area contributed by atoms with Crippen LogP contribution in [0.4, 0.5) is 10.5 Å². The SMILES string of the molecule is CC(C)c1cccc(C(C)C)c1NC(=O)NS(=O)(=NC#N)c1cccc(C(C)(C)O)c1. The van der Waals surface area contributed by atoms with E-state index in [0.717, 1.165) is 11.1 Å².